The summed E-state index contributed by atoms with van der Waals surface area (Å²) in [6, 6.07) is 5.33. The van der Waals surface area contributed by atoms with Gasteiger partial charge in [0, 0.05) is 19.2 Å². The number of imidazole rings is 1. The molecule has 1 saturated heterocycles. The van der Waals surface area contributed by atoms with Gasteiger partial charge < -0.3 is 24.7 Å². The number of piperidine rings is 1. The molecule has 0 aliphatic carbocycles. The molecule has 0 unspecified atom stereocenters. The van der Waals surface area contributed by atoms with Crippen LogP contribution in [0.1, 0.15) is 12.8 Å². The fourth-order valence-electron chi connectivity index (χ4n) is 3.52. The molecule has 1 aromatic carbocycles. The summed E-state index contributed by atoms with van der Waals surface area (Å²) in [6.45, 7) is 1.40. The Hall–Kier alpha value is -3.36. The van der Waals surface area contributed by atoms with Gasteiger partial charge in [-0.1, -0.05) is 0 Å². The van der Waals surface area contributed by atoms with Crippen LogP contribution in [-0.4, -0.2) is 53.2 Å². The van der Waals surface area contributed by atoms with Crippen LogP contribution in [0.3, 0.4) is 0 Å². The molecule has 9 nitrogen and oxygen atoms in total. The number of aromatic nitrogens is 4. The predicted octanol–water partition coefficient (Wildman–Crippen LogP) is 2.23. The third kappa shape index (κ3) is 3.42. The second-order valence-corrected chi connectivity index (χ2v) is 6.64. The molecule has 3 heterocycles. The number of amides is 1. The van der Waals surface area contributed by atoms with Crippen molar-refractivity contribution in [1.29, 1.82) is 0 Å². The number of hydrogen-bond donors (Lipinski definition) is 2. The van der Waals surface area contributed by atoms with E-state index in [1.165, 1.54) is 6.33 Å². The molecule has 2 aromatic heterocycles. The molecule has 0 saturated carbocycles. The van der Waals surface area contributed by atoms with Crippen molar-refractivity contribution in [2.24, 2.45) is 5.92 Å². The molecule has 3 aromatic rings. The van der Waals surface area contributed by atoms with Gasteiger partial charge in [-0.3, -0.25) is 4.79 Å². The number of ether oxygens (including phenoxy) is 2. The lowest BCUT2D eigenvalue weighted by atomic mass is 9.97. The lowest BCUT2D eigenvalue weighted by molar-refractivity contribution is -0.120. The van der Waals surface area contributed by atoms with E-state index in [0.29, 0.717) is 29.4 Å². The zero-order valence-corrected chi connectivity index (χ0v) is 15.8. The highest BCUT2D eigenvalue weighted by molar-refractivity contribution is 5.95. The molecular formula is C19H22N6O3. The first-order chi connectivity index (χ1) is 13.7. The number of nitrogens with one attached hydrogen (secondary N) is 2. The summed E-state index contributed by atoms with van der Waals surface area (Å²) in [7, 11) is 3.16. The monoisotopic (exact) mass is 382 g/mol. The quantitative estimate of drug-likeness (QED) is 0.697. The van der Waals surface area contributed by atoms with Crippen LogP contribution in [-0.2, 0) is 4.79 Å². The molecule has 9 heteroatoms. The maximum absolute atomic E-state index is 12.9. The topological polar surface area (TPSA) is 105 Å². The molecule has 28 heavy (non-hydrogen) atoms. The van der Waals surface area contributed by atoms with Gasteiger partial charge in [0.2, 0.25) is 5.91 Å². The van der Waals surface area contributed by atoms with Gasteiger partial charge in [0.05, 0.1) is 32.2 Å². The Morgan fingerprint density at radius 1 is 1.25 bits per heavy atom. The van der Waals surface area contributed by atoms with Crippen LogP contribution in [0.2, 0.25) is 0 Å². The lowest BCUT2D eigenvalue weighted by Crippen LogP contribution is -2.41. The van der Waals surface area contributed by atoms with E-state index in [1.54, 1.807) is 38.7 Å². The molecule has 1 atom stereocenters. The molecular weight excluding hydrogens is 360 g/mol. The third-order valence-electron chi connectivity index (χ3n) is 4.96. The van der Waals surface area contributed by atoms with Crippen LogP contribution < -0.4 is 19.7 Å². The van der Waals surface area contributed by atoms with Gasteiger partial charge in [0.1, 0.15) is 23.3 Å². The molecule has 0 bridgehead atoms. The average molecular weight is 382 g/mol. The first-order valence-electron chi connectivity index (χ1n) is 9.11. The summed E-state index contributed by atoms with van der Waals surface area (Å²) in [6.07, 6.45) is 4.81. The highest BCUT2D eigenvalue weighted by Crippen LogP contribution is 2.31. The van der Waals surface area contributed by atoms with E-state index < -0.39 is 0 Å². The van der Waals surface area contributed by atoms with Gasteiger partial charge in [0.15, 0.2) is 11.5 Å². The number of nitrogens with zero attached hydrogens (tertiary/aromatic N) is 4. The van der Waals surface area contributed by atoms with Crippen molar-refractivity contribution >= 4 is 28.6 Å². The normalized spacial score (nSPS) is 16.8. The minimum Gasteiger partial charge on any atom is -0.497 e. The van der Waals surface area contributed by atoms with Gasteiger partial charge in [-0.25, -0.2) is 15.0 Å². The third-order valence-corrected chi connectivity index (χ3v) is 4.96. The van der Waals surface area contributed by atoms with E-state index >= 15 is 0 Å². The van der Waals surface area contributed by atoms with E-state index in [-0.39, 0.29) is 11.8 Å². The van der Waals surface area contributed by atoms with Crippen LogP contribution in [0, 0.1) is 5.92 Å². The summed E-state index contributed by atoms with van der Waals surface area (Å²) in [5.41, 5.74) is 2.01. The number of H-pyrrole nitrogens is 1. The standard InChI is InChI=1S/C19H22N6O3/c1-27-13-5-6-15(28-2)14(8-13)24-19(26)12-4-3-7-25(9-12)18-16-17(21-10-20-16)22-11-23-18/h5-6,8,10-12H,3-4,7,9H2,1-2H3,(H,24,26)(H,20,21,22,23)/t12-/m0/s1. The van der Waals surface area contributed by atoms with Crippen molar-refractivity contribution in [1.82, 2.24) is 19.9 Å². The fourth-order valence-corrected chi connectivity index (χ4v) is 3.52. The van der Waals surface area contributed by atoms with Crippen molar-refractivity contribution in [3.63, 3.8) is 0 Å². The second-order valence-electron chi connectivity index (χ2n) is 6.64. The van der Waals surface area contributed by atoms with Crippen LogP contribution in [0.25, 0.3) is 11.2 Å². The lowest BCUT2D eigenvalue weighted by Gasteiger charge is -2.33. The zero-order valence-electron chi connectivity index (χ0n) is 15.8. The minimum atomic E-state index is -0.169. The molecule has 4 rings (SSSR count). The highest BCUT2D eigenvalue weighted by Gasteiger charge is 2.28. The van der Waals surface area contributed by atoms with Crippen LogP contribution in [0.5, 0.6) is 11.5 Å². The molecule has 1 fully saturated rings. The Bertz CT molecular complexity index is 989. The maximum atomic E-state index is 12.9. The molecule has 1 aliphatic heterocycles. The molecule has 2 N–H and O–H groups in total. The molecule has 146 valence electrons. The van der Waals surface area contributed by atoms with Crippen molar-refractivity contribution in [3.8, 4) is 11.5 Å². The number of benzene rings is 1. The van der Waals surface area contributed by atoms with Crippen molar-refractivity contribution in [3.05, 3.63) is 30.9 Å². The van der Waals surface area contributed by atoms with Crippen LogP contribution >= 0.6 is 0 Å². The van der Waals surface area contributed by atoms with Gasteiger partial charge >= 0.3 is 0 Å². The molecule has 1 aliphatic rings. The number of fused-ring (bicyclic) bond motifs is 1. The van der Waals surface area contributed by atoms with E-state index in [9.17, 15) is 4.79 Å². The number of aromatic amines is 1. The van der Waals surface area contributed by atoms with Crippen molar-refractivity contribution in [2.75, 3.05) is 37.5 Å². The number of carbonyl (C=O) groups is 1. The number of anilines is 2. The van der Waals surface area contributed by atoms with Crippen molar-refractivity contribution < 1.29 is 14.3 Å². The number of carbonyl (C=O) groups excluding carboxylic acids is 1. The predicted molar refractivity (Wildman–Crippen MR) is 105 cm³/mol. The first-order valence-corrected chi connectivity index (χ1v) is 9.11. The van der Waals surface area contributed by atoms with Crippen LogP contribution in [0.4, 0.5) is 11.5 Å². The van der Waals surface area contributed by atoms with E-state index in [4.69, 9.17) is 9.47 Å². The van der Waals surface area contributed by atoms with E-state index in [2.05, 4.69) is 30.2 Å². The Balaban J connectivity index is 1.52. The number of methoxy groups -OCH3 is 2. The minimum absolute atomic E-state index is 0.0498. The first kappa shape index (κ1) is 18.0. The molecule has 0 radical (unpaired) electrons. The van der Waals surface area contributed by atoms with Gasteiger partial charge in [-0.15, -0.1) is 0 Å². The van der Waals surface area contributed by atoms with Gasteiger partial charge in [0.25, 0.3) is 0 Å². The number of rotatable bonds is 5. The largest absolute Gasteiger partial charge is 0.497 e. The highest BCUT2D eigenvalue weighted by atomic mass is 16.5. The molecule has 1 amide bonds. The summed E-state index contributed by atoms with van der Waals surface area (Å²) in [5.74, 6) is 1.81. The van der Waals surface area contributed by atoms with Gasteiger partial charge in [-0.05, 0) is 25.0 Å². The smallest absolute Gasteiger partial charge is 0.229 e. The SMILES string of the molecule is COc1ccc(OC)c(NC(=O)[C@H]2CCCN(c3ncnc4nc[nH]c34)C2)c1. The average Bonchev–Trinajstić information content (AvgIpc) is 3.22. The summed E-state index contributed by atoms with van der Waals surface area (Å²) >= 11 is 0. The summed E-state index contributed by atoms with van der Waals surface area (Å²) in [4.78, 5) is 30.9. The Kier molecular flexibility index (Phi) is 4.96. The second kappa shape index (κ2) is 7.71. The Labute approximate surface area is 162 Å². The molecule has 0 spiro atoms. The van der Waals surface area contributed by atoms with E-state index in [0.717, 1.165) is 30.7 Å². The van der Waals surface area contributed by atoms with E-state index in [1.807, 2.05) is 0 Å². The summed E-state index contributed by atoms with van der Waals surface area (Å²) in [5, 5.41) is 2.99. The number of hydrogen-bond acceptors (Lipinski definition) is 7. The Morgan fingerprint density at radius 3 is 2.96 bits per heavy atom. The van der Waals surface area contributed by atoms with Crippen LogP contribution in [0.15, 0.2) is 30.9 Å². The van der Waals surface area contributed by atoms with Gasteiger partial charge in [-0.2, -0.15) is 0 Å². The maximum Gasteiger partial charge on any atom is 0.229 e. The fraction of sp³-hybridized carbons (Fsp3) is 0.368. The summed E-state index contributed by atoms with van der Waals surface area (Å²) < 4.78 is 10.6. The van der Waals surface area contributed by atoms with Crippen molar-refractivity contribution in [2.45, 2.75) is 12.8 Å². The zero-order chi connectivity index (χ0) is 19.5. The Morgan fingerprint density at radius 2 is 2.14 bits per heavy atom.